The third-order valence-corrected chi connectivity index (χ3v) is 5.77. The minimum atomic E-state index is 0.146. The zero-order valence-electron chi connectivity index (χ0n) is 17.6. The summed E-state index contributed by atoms with van der Waals surface area (Å²) in [6.07, 6.45) is 1.06. The molecule has 29 heavy (non-hydrogen) atoms. The quantitative estimate of drug-likeness (QED) is 0.708. The first-order chi connectivity index (χ1) is 14.0. The molecule has 5 nitrogen and oxygen atoms in total. The van der Waals surface area contributed by atoms with E-state index in [0.717, 1.165) is 36.4 Å². The standard InChI is InChI=1S/C24H33N3O2/c1-3-27(23(28)16-26-14-13-24(2,18-25)19-26)15-20-9-11-22(12-10-20)29-17-21-7-5-4-6-8-21/h4-12H,3,13-19,25H2,1-2H3. The van der Waals surface area contributed by atoms with Gasteiger partial charge >= 0.3 is 0 Å². The maximum absolute atomic E-state index is 12.8. The number of amides is 1. The van der Waals surface area contributed by atoms with Crippen LogP contribution in [0.25, 0.3) is 0 Å². The Morgan fingerprint density at radius 1 is 1.14 bits per heavy atom. The highest BCUT2D eigenvalue weighted by Crippen LogP contribution is 2.28. The van der Waals surface area contributed by atoms with Gasteiger partial charge in [-0.3, -0.25) is 9.69 Å². The summed E-state index contributed by atoms with van der Waals surface area (Å²) in [5.74, 6) is 1.02. The van der Waals surface area contributed by atoms with Gasteiger partial charge in [-0.15, -0.1) is 0 Å². The highest BCUT2D eigenvalue weighted by atomic mass is 16.5. The fourth-order valence-corrected chi connectivity index (χ4v) is 3.75. The van der Waals surface area contributed by atoms with Crippen molar-refractivity contribution in [1.29, 1.82) is 0 Å². The molecule has 1 fully saturated rings. The number of rotatable bonds is 9. The van der Waals surface area contributed by atoms with Crippen LogP contribution in [0.4, 0.5) is 0 Å². The number of hydrogen-bond acceptors (Lipinski definition) is 4. The predicted molar refractivity (Wildman–Crippen MR) is 117 cm³/mol. The third kappa shape index (κ3) is 6.05. The smallest absolute Gasteiger partial charge is 0.237 e. The van der Waals surface area contributed by atoms with E-state index in [0.29, 0.717) is 32.8 Å². The van der Waals surface area contributed by atoms with Crippen molar-refractivity contribution in [2.75, 3.05) is 32.7 Å². The number of carbonyl (C=O) groups is 1. The first kappa shape index (κ1) is 21.3. The third-order valence-electron chi connectivity index (χ3n) is 5.77. The van der Waals surface area contributed by atoms with Gasteiger partial charge in [-0.05, 0) is 55.1 Å². The van der Waals surface area contributed by atoms with Crippen LogP contribution in [-0.4, -0.2) is 48.4 Å². The van der Waals surface area contributed by atoms with Crippen molar-refractivity contribution in [2.24, 2.45) is 11.1 Å². The lowest BCUT2D eigenvalue weighted by Gasteiger charge is -2.26. The molecule has 2 N–H and O–H groups in total. The zero-order valence-corrected chi connectivity index (χ0v) is 17.6. The maximum Gasteiger partial charge on any atom is 0.237 e. The van der Waals surface area contributed by atoms with Gasteiger partial charge in [0.2, 0.25) is 5.91 Å². The van der Waals surface area contributed by atoms with Crippen molar-refractivity contribution >= 4 is 5.91 Å². The molecule has 1 amide bonds. The van der Waals surface area contributed by atoms with Gasteiger partial charge in [-0.1, -0.05) is 49.4 Å². The molecule has 0 bridgehead atoms. The number of nitrogens with zero attached hydrogens (tertiary/aromatic N) is 2. The van der Waals surface area contributed by atoms with E-state index in [2.05, 4.69) is 24.0 Å². The first-order valence-electron chi connectivity index (χ1n) is 10.5. The van der Waals surface area contributed by atoms with Gasteiger partial charge in [0.1, 0.15) is 12.4 Å². The van der Waals surface area contributed by atoms with Gasteiger partial charge in [-0.2, -0.15) is 0 Å². The fraction of sp³-hybridized carbons (Fsp3) is 0.458. The summed E-state index contributed by atoms with van der Waals surface area (Å²) in [6, 6.07) is 18.2. The van der Waals surface area contributed by atoms with E-state index in [1.165, 1.54) is 0 Å². The average molecular weight is 396 g/mol. The summed E-state index contributed by atoms with van der Waals surface area (Å²) in [6.45, 7) is 9.11. The highest BCUT2D eigenvalue weighted by Gasteiger charge is 2.33. The second-order valence-corrected chi connectivity index (χ2v) is 8.30. The Hall–Kier alpha value is -2.37. The molecule has 1 aliphatic rings. The molecule has 1 heterocycles. The van der Waals surface area contributed by atoms with Crippen molar-refractivity contribution in [3.8, 4) is 5.75 Å². The van der Waals surface area contributed by atoms with Crippen molar-refractivity contribution in [3.05, 3.63) is 65.7 Å². The number of ether oxygens (including phenoxy) is 1. The molecule has 1 aliphatic heterocycles. The van der Waals surface area contributed by atoms with E-state index in [1.807, 2.05) is 54.3 Å². The Morgan fingerprint density at radius 3 is 2.48 bits per heavy atom. The second-order valence-electron chi connectivity index (χ2n) is 8.30. The molecule has 0 aromatic heterocycles. The van der Waals surface area contributed by atoms with Crippen LogP contribution in [0.1, 0.15) is 31.4 Å². The van der Waals surface area contributed by atoms with E-state index in [9.17, 15) is 4.79 Å². The van der Waals surface area contributed by atoms with Gasteiger partial charge in [0.05, 0.1) is 6.54 Å². The molecule has 0 saturated carbocycles. The minimum absolute atomic E-state index is 0.146. The molecule has 156 valence electrons. The second kappa shape index (κ2) is 9.90. The van der Waals surface area contributed by atoms with Crippen LogP contribution in [0.5, 0.6) is 5.75 Å². The largest absolute Gasteiger partial charge is 0.489 e. The molecule has 5 heteroatoms. The molecule has 0 spiro atoms. The SMILES string of the molecule is CCN(Cc1ccc(OCc2ccccc2)cc1)C(=O)CN1CCC(C)(CN)C1. The summed E-state index contributed by atoms with van der Waals surface area (Å²) >= 11 is 0. The van der Waals surface area contributed by atoms with Crippen LogP contribution in [-0.2, 0) is 17.9 Å². The van der Waals surface area contributed by atoms with E-state index in [4.69, 9.17) is 10.5 Å². The normalized spacial score (nSPS) is 19.3. The molecule has 1 unspecified atom stereocenters. The minimum Gasteiger partial charge on any atom is -0.489 e. The lowest BCUT2D eigenvalue weighted by atomic mass is 9.90. The summed E-state index contributed by atoms with van der Waals surface area (Å²) in [5, 5.41) is 0. The Balaban J connectivity index is 1.50. The fourth-order valence-electron chi connectivity index (χ4n) is 3.75. The van der Waals surface area contributed by atoms with E-state index in [-0.39, 0.29) is 11.3 Å². The molecule has 1 saturated heterocycles. The number of benzene rings is 2. The number of nitrogens with two attached hydrogens (primary N) is 1. The van der Waals surface area contributed by atoms with Crippen molar-refractivity contribution in [2.45, 2.75) is 33.4 Å². The van der Waals surface area contributed by atoms with Gasteiger partial charge < -0.3 is 15.4 Å². The molecule has 2 aromatic rings. The summed E-state index contributed by atoms with van der Waals surface area (Å²) < 4.78 is 5.85. The number of carbonyl (C=O) groups excluding carboxylic acids is 1. The van der Waals surface area contributed by atoms with Gasteiger partial charge in [0, 0.05) is 19.6 Å². The van der Waals surface area contributed by atoms with E-state index in [1.54, 1.807) is 0 Å². The number of likely N-dealkylation sites (N-methyl/N-ethyl adjacent to an activating group) is 1. The number of likely N-dealkylation sites (tertiary alicyclic amines) is 1. The van der Waals surface area contributed by atoms with Gasteiger partial charge in [0.25, 0.3) is 0 Å². The maximum atomic E-state index is 12.8. The monoisotopic (exact) mass is 395 g/mol. The van der Waals surface area contributed by atoms with E-state index >= 15 is 0 Å². The first-order valence-corrected chi connectivity index (χ1v) is 10.5. The number of hydrogen-bond donors (Lipinski definition) is 1. The van der Waals surface area contributed by atoms with Crippen molar-refractivity contribution < 1.29 is 9.53 Å². The average Bonchev–Trinajstić information content (AvgIpc) is 3.13. The lowest BCUT2D eigenvalue weighted by molar-refractivity contribution is -0.132. The Kier molecular flexibility index (Phi) is 7.29. The van der Waals surface area contributed by atoms with Crippen LogP contribution in [0.2, 0.25) is 0 Å². The van der Waals surface area contributed by atoms with Gasteiger partial charge in [0.15, 0.2) is 0 Å². The summed E-state index contributed by atoms with van der Waals surface area (Å²) in [7, 11) is 0. The predicted octanol–water partition coefficient (Wildman–Crippen LogP) is 3.28. The Morgan fingerprint density at radius 2 is 1.86 bits per heavy atom. The van der Waals surface area contributed by atoms with Crippen LogP contribution < -0.4 is 10.5 Å². The summed E-state index contributed by atoms with van der Waals surface area (Å²) in [5.41, 5.74) is 8.29. The van der Waals surface area contributed by atoms with E-state index < -0.39 is 0 Å². The topological polar surface area (TPSA) is 58.8 Å². The molecule has 1 atom stereocenters. The van der Waals surface area contributed by atoms with Gasteiger partial charge in [-0.25, -0.2) is 0 Å². The molecule has 0 radical (unpaired) electrons. The molecular weight excluding hydrogens is 362 g/mol. The van der Waals surface area contributed by atoms with Crippen LogP contribution >= 0.6 is 0 Å². The molecular formula is C24H33N3O2. The molecule has 3 rings (SSSR count). The summed E-state index contributed by atoms with van der Waals surface area (Å²) in [4.78, 5) is 16.9. The Labute approximate surface area is 174 Å². The Bertz CT molecular complexity index is 778. The highest BCUT2D eigenvalue weighted by molar-refractivity contribution is 5.78. The zero-order chi connectivity index (χ0) is 20.7. The molecule has 2 aromatic carbocycles. The van der Waals surface area contributed by atoms with Crippen LogP contribution in [0.15, 0.2) is 54.6 Å². The molecule has 0 aliphatic carbocycles. The lowest BCUT2D eigenvalue weighted by Crippen LogP contribution is -2.40. The van der Waals surface area contributed by atoms with Crippen molar-refractivity contribution in [3.63, 3.8) is 0 Å². The van der Waals surface area contributed by atoms with Crippen LogP contribution in [0, 0.1) is 5.41 Å². The van der Waals surface area contributed by atoms with Crippen LogP contribution in [0.3, 0.4) is 0 Å². The van der Waals surface area contributed by atoms with Crippen molar-refractivity contribution in [1.82, 2.24) is 9.80 Å².